The van der Waals surface area contributed by atoms with Gasteiger partial charge < -0.3 is 15.0 Å². The number of nitrogens with zero attached hydrogens (tertiary/aromatic N) is 2. The van der Waals surface area contributed by atoms with Crippen LogP contribution in [0.3, 0.4) is 0 Å². The van der Waals surface area contributed by atoms with Crippen LogP contribution in [-0.4, -0.2) is 68.1 Å². The van der Waals surface area contributed by atoms with Crippen LogP contribution in [0.15, 0.2) is 24.3 Å². The van der Waals surface area contributed by atoms with Crippen molar-refractivity contribution in [2.45, 2.75) is 19.3 Å². The average molecular weight is 439 g/mol. The third-order valence-corrected chi connectivity index (χ3v) is 5.47. The Morgan fingerprint density at radius 1 is 1.19 bits per heavy atom. The molecule has 1 amide bonds. The normalized spacial score (nSPS) is 19.9. The Morgan fingerprint density at radius 3 is 2.59 bits per heavy atom. The monoisotopic (exact) mass is 437 g/mol. The minimum atomic E-state index is 0. The van der Waals surface area contributed by atoms with Crippen molar-refractivity contribution in [3.63, 3.8) is 0 Å². The van der Waals surface area contributed by atoms with Crippen LogP contribution < -0.4 is 10.1 Å². The number of nitrogens with one attached hydrogen (secondary N) is 1. The van der Waals surface area contributed by atoms with Gasteiger partial charge in [-0.25, -0.2) is 0 Å². The molecular formula is C19H30Cl3N3O2. The molecular weight excluding hydrogens is 409 g/mol. The van der Waals surface area contributed by atoms with Gasteiger partial charge in [-0.05, 0) is 44.0 Å². The third-order valence-electron chi connectivity index (χ3n) is 5.16. The van der Waals surface area contributed by atoms with E-state index in [0.29, 0.717) is 29.9 Å². The summed E-state index contributed by atoms with van der Waals surface area (Å²) in [7, 11) is 0. The zero-order chi connectivity index (χ0) is 17.5. The highest BCUT2D eigenvalue weighted by Gasteiger charge is 2.22. The van der Waals surface area contributed by atoms with Gasteiger partial charge in [0.1, 0.15) is 12.4 Å². The lowest BCUT2D eigenvalue weighted by molar-refractivity contribution is -0.133. The number of para-hydroxylation sites is 1. The molecule has 2 aliphatic rings. The fraction of sp³-hybridized carbons (Fsp3) is 0.632. The van der Waals surface area contributed by atoms with E-state index in [1.165, 1.54) is 6.42 Å². The standard InChI is InChI=1S/C19H28ClN3O2.2ClH/c20-17-3-1-2-4-18(17)25-14-13-22-9-11-23(12-10-22)19(24)6-5-16-7-8-21-15-16;;/h1-4,16,21H,5-15H2;2*1H. The lowest BCUT2D eigenvalue weighted by Crippen LogP contribution is -2.49. The average Bonchev–Trinajstić information content (AvgIpc) is 3.15. The van der Waals surface area contributed by atoms with Crippen molar-refractivity contribution in [1.29, 1.82) is 0 Å². The molecule has 2 heterocycles. The summed E-state index contributed by atoms with van der Waals surface area (Å²) >= 11 is 6.09. The predicted octanol–water partition coefficient (Wildman–Crippen LogP) is 3.10. The molecule has 0 bridgehead atoms. The number of hydrogen-bond donors (Lipinski definition) is 1. The van der Waals surface area contributed by atoms with Crippen LogP contribution >= 0.6 is 36.4 Å². The summed E-state index contributed by atoms with van der Waals surface area (Å²) in [6.45, 7) is 7.15. The van der Waals surface area contributed by atoms with Gasteiger partial charge in [-0.15, -0.1) is 24.8 Å². The maximum atomic E-state index is 12.3. The van der Waals surface area contributed by atoms with Gasteiger partial charge in [0.2, 0.25) is 5.91 Å². The largest absolute Gasteiger partial charge is 0.491 e. The van der Waals surface area contributed by atoms with Crippen molar-refractivity contribution < 1.29 is 9.53 Å². The molecule has 1 N–H and O–H groups in total. The number of amides is 1. The molecule has 0 saturated carbocycles. The second-order valence-corrected chi connectivity index (χ2v) is 7.31. The van der Waals surface area contributed by atoms with E-state index in [4.69, 9.17) is 16.3 Å². The second-order valence-electron chi connectivity index (χ2n) is 6.90. The summed E-state index contributed by atoms with van der Waals surface area (Å²) in [6.07, 6.45) is 2.94. The quantitative estimate of drug-likeness (QED) is 0.710. The Morgan fingerprint density at radius 2 is 1.93 bits per heavy atom. The molecule has 1 atom stereocenters. The van der Waals surface area contributed by atoms with Gasteiger partial charge in [0.05, 0.1) is 5.02 Å². The molecule has 27 heavy (non-hydrogen) atoms. The number of carbonyl (C=O) groups excluding carboxylic acids is 1. The van der Waals surface area contributed by atoms with Crippen LogP contribution in [0.4, 0.5) is 0 Å². The van der Waals surface area contributed by atoms with Crippen LogP contribution in [-0.2, 0) is 4.79 Å². The molecule has 0 spiro atoms. The van der Waals surface area contributed by atoms with E-state index in [1.54, 1.807) is 0 Å². The van der Waals surface area contributed by atoms with Gasteiger partial charge in [-0.2, -0.15) is 0 Å². The molecule has 2 fully saturated rings. The number of halogens is 3. The molecule has 1 aromatic rings. The fourth-order valence-electron chi connectivity index (χ4n) is 3.51. The first-order chi connectivity index (χ1) is 12.2. The van der Waals surface area contributed by atoms with Crippen LogP contribution in [0.1, 0.15) is 19.3 Å². The summed E-state index contributed by atoms with van der Waals surface area (Å²) < 4.78 is 5.75. The Hall–Kier alpha value is -0.720. The Bertz CT molecular complexity index is 563. The van der Waals surface area contributed by atoms with Crippen LogP contribution in [0.25, 0.3) is 0 Å². The zero-order valence-electron chi connectivity index (χ0n) is 15.6. The van der Waals surface area contributed by atoms with E-state index in [2.05, 4.69) is 10.2 Å². The van der Waals surface area contributed by atoms with Crippen LogP contribution in [0.2, 0.25) is 5.02 Å². The Kier molecular flexibility index (Phi) is 11.4. The van der Waals surface area contributed by atoms with Gasteiger partial charge >= 0.3 is 0 Å². The van der Waals surface area contributed by atoms with Gasteiger partial charge in [0, 0.05) is 39.1 Å². The molecule has 2 aliphatic heterocycles. The summed E-state index contributed by atoms with van der Waals surface area (Å²) in [5, 5.41) is 4.01. The van der Waals surface area contributed by atoms with Crippen molar-refractivity contribution in [2.24, 2.45) is 5.92 Å². The van der Waals surface area contributed by atoms with Gasteiger partial charge in [-0.3, -0.25) is 9.69 Å². The maximum Gasteiger partial charge on any atom is 0.222 e. The van der Waals surface area contributed by atoms with E-state index >= 15 is 0 Å². The molecule has 154 valence electrons. The molecule has 1 aromatic carbocycles. The van der Waals surface area contributed by atoms with Crippen molar-refractivity contribution in [2.75, 3.05) is 52.4 Å². The first-order valence-electron chi connectivity index (χ1n) is 9.30. The zero-order valence-corrected chi connectivity index (χ0v) is 18.0. The first kappa shape index (κ1) is 24.3. The smallest absolute Gasteiger partial charge is 0.222 e. The van der Waals surface area contributed by atoms with Gasteiger partial charge in [-0.1, -0.05) is 23.7 Å². The van der Waals surface area contributed by atoms with E-state index in [9.17, 15) is 4.79 Å². The number of hydrogen-bond acceptors (Lipinski definition) is 4. The van der Waals surface area contributed by atoms with Crippen LogP contribution in [0, 0.1) is 5.92 Å². The maximum absolute atomic E-state index is 12.3. The third kappa shape index (κ3) is 7.66. The van der Waals surface area contributed by atoms with E-state index in [1.807, 2.05) is 29.2 Å². The number of benzene rings is 1. The van der Waals surface area contributed by atoms with Crippen molar-refractivity contribution in [1.82, 2.24) is 15.1 Å². The number of piperazine rings is 1. The summed E-state index contributed by atoms with van der Waals surface area (Å²) in [6, 6.07) is 7.55. The Balaban J connectivity index is 0.00000182. The SMILES string of the molecule is Cl.Cl.O=C(CCC1CCNC1)N1CCN(CCOc2ccccc2Cl)CC1. The molecule has 3 rings (SSSR count). The molecule has 0 radical (unpaired) electrons. The predicted molar refractivity (Wildman–Crippen MR) is 115 cm³/mol. The second kappa shape index (κ2) is 12.7. The molecule has 0 aliphatic carbocycles. The summed E-state index contributed by atoms with van der Waals surface area (Å²) in [4.78, 5) is 16.7. The van der Waals surface area contributed by atoms with Crippen molar-refractivity contribution in [3.05, 3.63) is 29.3 Å². The van der Waals surface area contributed by atoms with E-state index < -0.39 is 0 Å². The highest BCUT2D eigenvalue weighted by Crippen LogP contribution is 2.23. The first-order valence-corrected chi connectivity index (χ1v) is 9.68. The van der Waals surface area contributed by atoms with E-state index in [-0.39, 0.29) is 24.8 Å². The van der Waals surface area contributed by atoms with Crippen molar-refractivity contribution in [3.8, 4) is 5.75 Å². The highest BCUT2D eigenvalue weighted by atomic mass is 35.5. The topological polar surface area (TPSA) is 44.8 Å². The molecule has 8 heteroatoms. The molecule has 5 nitrogen and oxygen atoms in total. The summed E-state index contributed by atoms with van der Waals surface area (Å²) in [5.74, 6) is 1.74. The molecule has 1 unspecified atom stereocenters. The molecule has 0 aromatic heterocycles. The van der Waals surface area contributed by atoms with Gasteiger partial charge in [0.15, 0.2) is 0 Å². The van der Waals surface area contributed by atoms with E-state index in [0.717, 1.165) is 58.0 Å². The lowest BCUT2D eigenvalue weighted by atomic mass is 10.0. The minimum absolute atomic E-state index is 0. The lowest BCUT2D eigenvalue weighted by Gasteiger charge is -2.34. The van der Waals surface area contributed by atoms with Gasteiger partial charge in [0.25, 0.3) is 0 Å². The number of ether oxygens (including phenoxy) is 1. The fourth-order valence-corrected chi connectivity index (χ4v) is 3.70. The highest BCUT2D eigenvalue weighted by molar-refractivity contribution is 6.32. The van der Waals surface area contributed by atoms with Crippen LogP contribution in [0.5, 0.6) is 5.75 Å². The number of carbonyl (C=O) groups is 1. The Labute approximate surface area is 179 Å². The number of rotatable bonds is 7. The minimum Gasteiger partial charge on any atom is -0.491 e. The van der Waals surface area contributed by atoms with Crippen molar-refractivity contribution >= 4 is 42.3 Å². The summed E-state index contributed by atoms with van der Waals surface area (Å²) in [5.41, 5.74) is 0. The molecule has 2 saturated heterocycles.